The summed E-state index contributed by atoms with van der Waals surface area (Å²) in [6, 6.07) is 7.68. The molecule has 0 radical (unpaired) electrons. The standard InChI is InChI=1S/C20H22N4O3/c25-18-15(24-7-5-13-9-22-11-23-20(13)24)8-17(19(18)26)27-16-3-1-2-12-4-6-21-10-14(12)16/h1-3,5,7,9,11,15,17-19,21,25-26H,4,6,8,10H2/t15-,17+,18+,19-/m1/s1. The Kier molecular flexibility index (Phi) is 4.07. The second kappa shape index (κ2) is 6.60. The van der Waals surface area contributed by atoms with E-state index in [1.807, 2.05) is 29.0 Å². The Hall–Kier alpha value is -2.48. The minimum Gasteiger partial charge on any atom is -0.487 e. The fourth-order valence-electron chi connectivity index (χ4n) is 4.28. The van der Waals surface area contributed by atoms with Crippen molar-refractivity contribution in [2.24, 2.45) is 0 Å². The SMILES string of the molecule is O[C@@H]1[C@H](O)[C@@H](Oc2cccc3c2CNCC3)C[C@H]1n1ccc2cncnc21. The maximum Gasteiger partial charge on any atom is 0.143 e. The number of hydrogen-bond acceptors (Lipinski definition) is 6. The molecule has 3 aromatic rings. The molecule has 0 unspecified atom stereocenters. The van der Waals surface area contributed by atoms with E-state index in [-0.39, 0.29) is 6.04 Å². The maximum absolute atomic E-state index is 10.7. The Bertz CT molecular complexity index is 973. The summed E-state index contributed by atoms with van der Waals surface area (Å²) in [4.78, 5) is 8.35. The van der Waals surface area contributed by atoms with Crippen LogP contribution in [0, 0.1) is 0 Å². The fraction of sp³-hybridized carbons (Fsp3) is 0.400. The van der Waals surface area contributed by atoms with Crippen LogP contribution in [0.4, 0.5) is 0 Å². The summed E-state index contributed by atoms with van der Waals surface area (Å²) in [5, 5.41) is 25.6. The minimum atomic E-state index is -0.957. The Morgan fingerprint density at radius 2 is 2.11 bits per heavy atom. The van der Waals surface area contributed by atoms with Crippen LogP contribution in [-0.4, -0.2) is 49.6 Å². The average Bonchev–Trinajstić information content (AvgIpc) is 3.25. The lowest BCUT2D eigenvalue weighted by Crippen LogP contribution is -2.34. The summed E-state index contributed by atoms with van der Waals surface area (Å²) in [7, 11) is 0. The van der Waals surface area contributed by atoms with Gasteiger partial charge in [-0.3, -0.25) is 0 Å². The molecule has 7 nitrogen and oxygen atoms in total. The van der Waals surface area contributed by atoms with Crippen molar-refractivity contribution < 1.29 is 14.9 Å². The predicted octanol–water partition coefficient (Wildman–Crippen LogP) is 1.19. The highest BCUT2D eigenvalue weighted by Crippen LogP contribution is 2.37. The molecule has 140 valence electrons. The Labute approximate surface area is 156 Å². The van der Waals surface area contributed by atoms with Gasteiger partial charge < -0.3 is 24.8 Å². The quantitative estimate of drug-likeness (QED) is 0.645. The summed E-state index contributed by atoms with van der Waals surface area (Å²) in [6.07, 6.45) is 4.25. The summed E-state index contributed by atoms with van der Waals surface area (Å²) in [5.41, 5.74) is 3.18. The van der Waals surface area contributed by atoms with Gasteiger partial charge in [-0.15, -0.1) is 0 Å². The van der Waals surface area contributed by atoms with E-state index in [2.05, 4.69) is 21.4 Å². The Balaban J connectivity index is 1.42. The van der Waals surface area contributed by atoms with E-state index in [9.17, 15) is 10.2 Å². The van der Waals surface area contributed by atoms with Gasteiger partial charge in [0.15, 0.2) is 0 Å². The molecular formula is C20H22N4O3. The zero-order valence-electron chi connectivity index (χ0n) is 14.8. The molecule has 0 saturated heterocycles. The van der Waals surface area contributed by atoms with Crippen LogP contribution in [0.15, 0.2) is 43.0 Å². The van der Waals surface area contributed by atoms with Crippen molar-refractivity contribution in [3.63, 3.8) is 0 Å². The Morgan fingerprint density at radius 1 is 1.19 bits per heavy atom. The first-order chi connectivity index (χ1) is 13.2. The average molecular weight is 366 g/mol. The topological polar surface area (TPSA) is 92.4 Å². The third kappa shape index (κ3) is 2.79. The van der Waals surface area contributed by atoms with Gasteiger partial charge in [0.25, 0.3) is 0 Å². The van der Waals surface area contributed by atoms with Gasteiger partial charge in [0, 0.05) is 36.3 Å². The monoisotopic (exact) mass is 366 g/mol. The number of aliphatic hydroxyl groups is 2. The van der Waals surface area contributed by atoms with Gasteiger partial charge in [-0.25, -0.2) is 9.97 Å². The highest BCUT2D eigenvalue weighted by molar-refractivity contribution is 5.74. The molecule has 1 aromatic carbocycles. The first-order valence-electron chi connectivity index (χ1n) is 9.33. The highest BCUT2D eigenvalue weighted by atomic mass is 16.5. The van der Waals surface area contributed by atoms with Crippen molar-refractivity contribution in [3.8, 4) is 5.75 Å². The van der Waals surface area contributed by atoms with E-state index in [4.69, 9.17) is 4.74 Å². The number of hydrogen-bond donors (Lipinski definition) is 3. The van der Waals surface area contributed by atoms with Crippen molar-refractivity contribution in [3.05, 3.63) is 54.1 Å². The smallest absolute Gasteiger partial charge is 0.143 e. The number of fused-ring (bicyclic) bond motifs is 2. The maximum atomic E-state index is 10.7. The molecule has 0 spiro atoms. The molecule has 0 bridgehead atoms. The molecule has 1 saturated carbocycles. The lowest BCUT2D eigenvalue weighted by molar-refractivity contribution is -0.0166. The van der Waals surface area contributed by atoms with Gasteiger partial charge in [-0.05, 0) is 30.7 Å². The summed E-state index contributed by atoms with van der Waals surface area (Å²) >= 11 is 0. The summed E-state index contributed by atoms with van der Waals surface area (Å²) in [6.45, 7) is 1.73. The number of nitrogens with zero attached hydrogens (tertiary/aromatic N) is 3. The van der Waals surface area contributed by atoms with Crippen LogP contribution in [0.2, 0.25) is 0 Å². The van der Waals surface area contributed by atoms with Crippen LogP contribution in [-0.2, 0) is 13.0 Å². The van der Waals surface area contributed by atoms with Crippen LogP contribution in [0.5, 0.6) is 5.75 Å². The normalized spacial score (nSPS) is 27.6. The fourth-order valence-corrected chi connectivity index (χ4v) is 4.28. The largest absolute Gasteiger partial charge is 0.487 e. The van der Waals surface area contributed by atoms with Crippen LogP contribution in [0.1, 0.15) is 23.6 Å². The van der Waals surface area contributed by atoms with Crippen LogP contribution in [0.25, 0.3) is 11.0 Å². The molecule has 0 amide bonds. The first-order valence-corrected chi connectivity index (χ1v) is 9.33. The predicted molar refractivity (Wildman–Crippen MR) is 99.5 cm³/mol. The van der Waals surface area contributed by atoms with Gasteiger partial charge >= 0.3 is 0 Å². The highest BCUT2D eigenvalue weighted by Gasteiger charge is 2.44. The van der Waals surface area contributed by atoms with Gasteiger partial charge in [0.2, 0.25) is 0 Å². The third-order valence-corrected chi connectivity index (χ3v) is 5.72. The lowest BCUT2D eigenvalue weighted by atomic mass is 10.0. The van der Waals surface area contributed by atoms with Crippen molar-refractivity contribution in [1.82, 2.24) is 19.9 Å². The molecule has 3 heterocycles. The molecular weight excluding hydrogens is 344 g/mol. The summed E-state index contributed by atoms with van der Waals surface area (Å²) in [5.74, 6) is 0.788. The number of aromatic nitrogens is 3. The number of nitrogens with one attached hydrogen (secondary N) is 1. The van der Waals surface area contributed by atoms with Gasteiger partial charge in [-0.1, -0.05) is 12.1 Å². The molecule has 5 rings (SSSR count). The lowest BCUT2D eigenvalue weighted by Gasteiger charge is -2.24. The second-order valence-electron chi connectivity index (χ2n) is 7.29. The number of ether oxygens (including phenoxy) is 1. The number of aliphatic hydroxyl groups excluding tert-OH is 2. The zero-order valence-corrected chi connectivity index (χ0v) is 14.8. The number of rotatable bonds is 3. The molecule has 7 heteroatoms. The zero-order chi connectivity index (χ0) is 18.4. The molecule has 1 fully saturated rings. The van der Waals surface area contributed by atoms with E-state index in [0.717, 1.165) is 41.9 Å². The van der Waals surface area contributed by atoms with E-state index < -0.39 is 18.3 Å². The van der Waals surface area contributed by atoms with Gasteiger partial charge in [0.1, 0.15) is 36.0 Å². The number of benzene rings is 1. The van der Waals surface area contributed by atoms with E-state index in [0.29, 0.717) is 6.42 Å². The van der Waals surface area contributed by atoms with Crippen molar-refractivity contribution >= 4 is 11.0 Å². The first kappa shape index (κ1) is 16.7. The van der Waals surface area contributed by atoms with Crippen molar-refractivity contribution in [1.29, 1.82) is 0 Å². The third-order valence-electron chi connectivity index (χ3n) is 5.72. The van der Waals surface area contributed by atoms with E-state index in [1.165, 1.54) is 11.9 Å². The summed E-state index contributed by atoms with van der Waals surface area (Å²) < 4.78 is 8.11. The van der Waals surface area contributed by atoms with Crippen LogP contribution >= 0.6 is 0 Å². The van der Waals surface area contributed by atoms with Crippen molar-refractivity contribution in [2.45, 2.75) is 43.7 Å². The van der Waals surface area contributed by atoms with E-state index >= 15 is 0 Å². The minimum absolute atomic E-state index is 0.296. The second-order valence-corrected chi connectivity index (χ2v) is 7.29. The van der Waals surface area contributed by atoms with E-state index in [1.54, 1.807) is 6.20 Å². The van der Waals surface area contributed by atoms with Crippen LogP contribution in [0.3, 0.4) is 0 Å². The van der Waals surface area contributed by atoms with Gasteiger partial charge in [-0.2, -0.15) is 0 Å². The molecule has 2 aromatic heterocycles. The van der Waals surface area contributed by atoms with Gasteiger partial charge in [0.05, 0.1) is 6.04 Å². The van der Waals surface area contributed by atoms with Crippen LogP contribution < -0.4 is 10.1 Å². The molecule has 1 aliphatic heterocycles. The Morgan fingerprint density at radius 3 is 3.04 bits per heavy atom. The van der Waals surface area contributed by atoms with Crippen molar-refractivity contribution in [2.75, 3.05) is 6.54 Å². The molecule has 1 aliphatic carbocycles. The molecule has 2 aliphatic rings. The molecule has 27 heavy (non-hydrogen) atoms. The molecule has 3 N–H and O–H groups in total. The molecule has 4 atom stereocenters.